The Morgan fingerprint density at radius 3 is 2.36 bits per heavy atom. The lowest BCUT2D eigenvalue weighted by Crippen LogP contribution is -2.43. The fraction of sp³-hybridized carbons (Fsp3) is 0.241. The lowest BCUT2D eigenvalue weighted by molar-refractivity contribution is 0.391. The van der Waals surface area contributed by atoms with Gasteiger partial charge < -0.3 is 10.1 Å². The second-order valence-corrected chi connectivity index (χ2v) is 8.69. The third kappa shape index (κ3) is 3.66. The molecule has 166 valence electrons. The van der Waals surface area contributed by atoms with E-state index in [2.05, 4.69) is 79.8 Å². The van der Waals surface area contributed by atoms with Crippen molar-refractivity contribution >= 4 is 16.7 Å². The summed E-state index contributed by atoms with van der Waals surface area (Å²) < 4.78 is 6.04. The van der Waals surface area contributed by atoms with Crippen LogP contribution in [0.2, 0.25) is 0 Å². The molecule has 0 saturated carbocycles. The van der Waals surface area contributed by atoms with Crippen molar-refractivity contribution in [2.45, 2.75) is 32.2 Å². The van der Waals surface area contributed by atoms with Gasteiger partial charge in [-0.25, -0.2) is 4.98 Å². The lowest BCUT2D eigenvalue weighted by Gasteiger charge is -2.30. The van der Waals surface area contributed by atoms with Crippen LogP contribution in [0.1, 0.15) is 36.5 Å². The fourth-order valence-corrected chi connectivity index (χ4v) is 4.93. The molecule has 33 heavy (non-hydrogen) atoms. The minimum Gasteiger partial charge on any atom is -0.494 e. The molecule has 4 nitrogen and oxygen atoms in total. The number of nitrogens with zero attached hydrogens (tertiary/aromatic N) is 2. The number of aliphatic imine (C=N–C) groups is 1. The highest BCUT2D eigenvalue weighted by atomic mass is 16.5. The van der Waals surface area contributed by atoms with Gasteiger partial charge in [0.15, 0.2) is 5.75 Å². The van der Waals surface area contributed by atoms with Crippen molar-refractivity contribution in [3.05, 3.63) is 95.6 Å². The summed E-state index contributed by atoms with van der Waals surface area (Å²) in [6.07, 6.45) is 2.06. The zero-order valence-corrected chi connectivity index (χ0v) is 19.4. The Morgan fingerprint density at radius 1 is 0.939 bits per heavy atom. The van der Waals surface area contributed by atoms with Gasteiger partial charge in [-0.3, -0.25) is 4.99 Å². The normalized spacial score (nSPS) is 17.6. The van der Waals surface area contributed by atoms with E-state index in [1.54, 1.807) is 7.11 Å². The first-order valence-corrected chi connectivity index (χ1v) is 11.6. The van der Waals surface area contributed by atoms with Gasteiger partial charge in [-0.15, -0.1) is 0 Å². The van der Waals surface area contributed by atoms with Crippen LogP contribution in [0.15, 0.2) is 83.9 Å². The van der Waals surface area contributed by atoms with E-state index in [-0.39, 0.29) is 5.54 Å². The number of rotatable bonds is 6. The van der Waals surface area contributed by atoms with Gasteiger partial charge in [-0.05, 0) is 24.5 Å². The molecule has 0 radical (unpaired) electrons. The average Bonchev–Trinajstić information content (AvgIpc) is 3.29. The summed E-state index contributed by atoms with van der Waals surface area (Å²) in [7, 11) is 1.72. The van der Waals surface area contributed by atoms with Crippen molar-refractivity contribution in [2.24, 2.45) is 4.99 Å². The third-order valence-electron chi connectivity index (χ3n) is 6.53. The number of para-hydroxylation sites is 1. The topological polar surface area (TPSA) is 46.5 Å². The van der Waals surface area contributed by atoms with Crippen molar-refractivity contribution in [3.8, 4) is 17.0 Å². The molecule has 1 aliphatic rings. The molecule has 3 aromatic carbocycles. The van der Waals surface area contributed by atoms with Gasteiger partial charge >= 0.3 is 0 Å². The van der Waals surface area contributed by atoms with Crippen LogP contribution in [0.4, 0.5) is 0 Å². The van der Waals surface area contributed by atoms with Crippen LogP contribution < -0.4 is 10.1 Å². The first kappa shape index (κ1) is 21.2. The lowest BCUT2D eigenvalue weighted by atomic mass is 9.86. The van der Waals surface area contributed by atoms with E-state index < -0.39 is 0 Å². The number of hydrogen-bond acceptors (Lipinski definition) is 4. The highest BCUT2D eigenvalue weighted by molar-refractivity contribution is 6.14. The first-order chi connectivity index (χ1) is 16.2. The molecular formula is C29H29N3O. The Morgan fingerprint density at radius 2 is 1.67 bits per heavy atom. The number of hydrogen-bond donors (Lipinski definition) is 1. The van der Waals surface area contributed by atoms with Crippen molar-refractivity contribution in [2.75, 3.05) is 13.7 Å². The smallest absolute Gasteiger partial charge is 0.156 e. The molecule has 5 rings (SSSR count). The number of ether oxygens (including phenoxy) is 1. The molecule has 1 aliphatic heterocycles. The maximum Gasteiger partial charge on any atom is 0.156 e. The molecule has 1 N–H and O–H groups in total. The molecule has 2 heterocycles. The van der Waals surface area contributed by atoms with E-state index in [1.165, 1.54) is 5.56 Å². The molecule has 4 heteroatoms. The predicted molar refractivity (Wildman–Crippen MR) is 136 cm³/mol. The third-order valence-corrected chi connectivity index (χ3v) is 6.53. The molecule has 0 amide bonds. The Labute approximate surface area is 195 Å². The zero-order valence-electron chi connectivity index (χ0n) is 19.4. The maximum absolute atomic E-state index is 6.04. The van der Waals surface area contributed by atoms with Crippen molar-refractivity contribution in [1.29, 1.82) is 0 Å². The minimum absolute atomic E-state index is 0.220. The second-order valence-electron chi connectivity index (χ2n) is 8.69. The predicted octanol–water partition coefficient (Wildman–Crippen LogP) is 6.26. The zero-order chi connectivity index (χ0) is 22.8. The van der Waals surface area contributed by atoms with Crippen LogP contribution in [0, 0.1) is 6.92 Å². The number of nitrogens with one attached hydrogen (secondary N) is 1. The molecule has 0 bridgehead atoms. The first-order valence-electron chi connectivity index (χ1n) is 11.6. The van der Waals surface area contributed by atoms with Gasteiger partial charge in [0.25, 0.3) is 0 Å². The molecule has 0 spiro atoms. The monoisotopic (exact) mass is 435 g/mol. The molecule has 0 aliphatic carbocycles. The van der Waals surface area contributed by atoms with Crippen LogP contribution in [-0.2, 0) is 5.54 Å². The van der Waals surface area contributed by atoms with Gasteiger partial charge in [0.05, 0.1) is 30.3 Å². The standard InChI is InChI=1S/C29H29N3O/c1-4-18-29(22-15-9-6-10-16-22)19-30-28(32-29)24-23-17-11-12-20(2)25(23)31-26(27(24)33-3)21-13-7-5-8-14-21/h5-17H,4,18-19H2,1-3H3,(H,30,32). The molecule has 1 atom stereocenters. The Bertz CT molecular complexity index is 1320. The van der Waals surface area contributed by atoms with E-state index in [0.29, 0.717) is 6.54 Å². The minimum atomic E-state index is -0.220. The largest absolute Gasteiger partial charge is 0.494 e. The maximum atomic E-state index is 6.04. The van der Waals surface area contributed by atoms with E-state index in [0.717, 1.165) is 57.7 Å². The average molecular weight is 436 g/mol. The number of amidine groups is 1. The summed E-state index contributed by atoms with van der Waals surface area (Å²) in [5.74, 6) is 1.63. The molecular weight excluding hydrogens is 406 g/mol. The number of fused-ring (bicyclic) bond motifs is 1. The van der Waals surface area contributed by atoms with Crippen LogP contribution in [0.3, 0.4) is 0 Å². The van der Waals surface area contributed by atoms with Crippen molar-refractivity contribution < 1.29 is 4.74 Å². The second kappa shape index (κ2) is 8.70. The SMILES string of the molecule is CCCC1(c2ccccc2)CN=C(c2c(OC)c(-c3ccccc3)nc3c(C)cccc23)N1. The van der Waals surface area contributed by atoms with E-state index in [1.807, 2.05) is 18.2 Å². The highest BCUT2D eigenvalue weighted by Crippen LogP contribution is 2.40. The van der Waals surface area contributed by atoms with Gasteiger partial charge in [0.1, 0.15) is 11.5 Å². The summed E-state index contributed by atoms with van der Waals surface area (Å²) in [5.41, 5.74) is 6.01. The van der Waals surface area contributed by atoms with E-state index in [9.17, 15) is 0 Å². The summed E-state index contributed by atoms with van der Waals surface area (Å²) in [4.78, 5) is 10.1. The van der Waals surface area contributed by atoms with Crippen LogP contribution in [0.5, 0.6) is 5.75 Å². The van der Waals surface area contributed by atoms with Gasteiger partial charge in [0, 0.05) is 10.9 Å². The van der Waals surface area contributed by atoms with Crippen LogP contribution in [-0.4, -0.2) is 24.5 Å². The summed E-state index contributed by atoms with van der Waals surface area (Å²) in [6, 6.07) is 27.2. The summed E-state index contributed by atoms with van der Waals surface area (Å²) in [5, 5.41) is 4.90. The molecule has 1 unspecified atom stereocenters. The number of benzene rings is 3. The molecule has 4 aromatic rings. The number of aromatic nitrogens is 1. The van der Waals surface area contributed by atoms with E-state index in [4.69, 9.17) is 14.7 Å². The number of aryl methyl sites for hydroxylation is 1. The van der Waals surface area contributed by atoms with Crippen molar-refractivity contribution in [1.82, 2.24) is 10.3 Å². The molecule has 0 fully saturated rings. The van der Waals surface area contributed by atoms with Gasteiger partial charge in [-0.2, -0.15) is 0 Å². The summed E-state index contributed by atoms with van der Waals surface area (Å²) in [6.45, 7) is 5.03. The molecule has 0 saturated heterocycles. The van der Waals surface area contributed by atoms with Gasteiger partial charge in [-0.1, -0.05) is 92.2 Å². The number of pyridine rings is 1. The van der Waals surface area contributed by atoms with E-state index >= 15 is 0 Å². The van der Waals surface area contributed by atoms with Crippen LogP contribution in [0.25, 0.3) is 22.2 Å². The Balaban J connectivity index is 1.72. The summed E-state index contributed by atoms with van der Waals surface area (Å²) >= 11 is 0. The fourth-order valence-electron chi connectivity index (χ4n) is 4.93. The quantitative estimate of drug-likeness (QED) is 0.389. The van der Waals surface area contributed by atoms with Crippen molar-refractivity contribution in [3.63, 3.8) is 0 Å². The number of methoxy groups -OCH3 is 1. The van der Waals surface area contributed by atoms with Gasteiger partial charge in [0.2, 0.25) is 0 Å². The Hall–Kier alpha value is -3.66. The molecule has 1 aromatic heterocycles. The van der Waals surface area contributed by atoms with Crippen LogP contribution >= 0.6 is 0 Å². The highest BCUT2D eigenvalue weighted by Gasteiger charge is 2.38. The Kier molecular flexibility index (Phi) is 5.59.